The molecule has 0 aliphatic heterocycles. The molecule has 112 valence electrons. The number of carbonyl (C=O) groups is 1. The SMILES string of the molecule is Cc1nn(C)c2ncc(NC(=O)CC3(CN)CCC3)cc12. The van der Waals surface area contributed by atoms with Crippen LogP contribution in [0.15, 0.2) is 12.3 Å². The average molecular weight is 287 g/mol. The summed E-state index contributed by atoms with van der Waals surface area (Å²) in [5.74, 6) is 0.0165. The summed E-state index contributed by atoms with van der Waals surface area (Å²) in [5.41, 5.74) is 8.27. The van der Waals surface area contributed by atoms with Crippen molar-refractivity contribution in [1.82, 2.24) is 14.8 Å². The van der Waals surface area contributed by atoms with Crippen molar-refractivity contribution in [3.05, 3.63) is 18.0 Å². The van der Waals surface area contributed by atoms with Gasteiger partial charge in [0.1, 0.15) is 0 Å². The molecule has 1 fully saturated rings. The fourth-order valence-corrected chi connectivity index (χ4v) is 3.05. The Bertz CT molecular complexity index is 681. The van der Waals surface area contributed by atoms with Crippen molar-refractivity contribution in [3.8, 4) is 0 Å². The predicted octanol–water partition coefficient (Wildman–Crippen LogP) is 1.73. The third-order valence-electron chi connectivity index (χ3n) is 4.53. The van der Waals surface area contributed by atoms with E-state index in [-0.39, 0.29) is 11.3 Å². The molecule has 0 saturated heterocycles. The van der Waals surface area contributed by atoms with Crippen LogP contribution in [-0.4, -0.2) is 27.2 Å². The van der Waals surface area contributed by atoms with Gasteiger partial charge in [-0.2, -0.15) is 5.10 Å². The molecule has 1 saturated carbocycles. The highest BCUT2D eigenvalue weighted by Crippen LogP contribution is 2.43. The molecule has 2 aromatic rings. The van der Waals surface area contributed by atoms with Crippen LogP contribution in [0, 0.1) is 12.3 Å². The zero-order valence-electron chi connectivity index (χ0n) is 12.5. The minimum atomic E-state index is 0.0165. The van der Waals surface area contributed by atoms with Crippen LogP contribution >= 0.6 is 0 Å². The molecular formula is C15H21N5O. The summed E-state index contributed by atoms with van der Waals surface area (Å²) < 4.78 is 1.74. The lowest BCUT2D eigenvalue weighted by Gasteiger charge is -2.40. The number of aryl methyl sites for hydroxylation is 2. The summed E-state index contributed by atoms with van der Waals surface area (Å²) in [7, 11) is 1.86. The highest BCUT2D eigenvalue weighted by atomic mass is 16.1. The molecule has 3 rings (SSSR count). The lowest BCUT2D eigenvalue weighted by molar-refractivity contribution is -0.119. The Morgan fingerprint density at radius 1 is 1.52 bits per heavy atom. The number of hydrogen-bond acceptors (Lipinski definition) is 4. The number of anilines is 1. The summed E-state index contributed by atoms with van der Waals surface area (Å²) in [6.07, 6.45) is 5.45. The number of nitrogens with two attached hydrogens (primary N) is 1. The van der Waals surface area contributed by atoms with Gasteiger partial charge in [0.25, 0.3) is 0 Å². The largest absolute Gasteiger partial charge is 0.330 e. The van der Waals surface area contributed by atoms with Crippen molar-refractivity contribution in [1.29, 1.82) is 0 Å². The van der Waals surface area contributed by atoms with Crippen molar-refractivity contribution in [2.45, 2.75) is 32.6 Å². The van der Waals surface area contributed by atoms with Crippen LogP contribution in [0.1, 0.15) is 31.4 Å². The van der Waals surface area contributed by atoms with Gasteiger partial charge in [0.05, 0.1) is 17.6 Å². The molecule has 0 bridgehead atoms. The number of fused-ring (bicyclic) bond motifs is 1. The fraction of sp³-hybridized carbons (Fsp3) is 0.533. The Hall–Kier alpha value is -1.95. The molecule has 1 aliphatic carbocycles. The Morgan fingerprint density at radius 2 is 2.29 bits per heavy atom. The van der Waals surface area contributed by atoms with E-state index in [1.165, 1.54) is 6.42 Å². The molecule has 0 atom stereocenters. The van der Waals surface area contributed by atoms with E-state index < -0.39 is 0 Å². The van der Waals surface area contributed by atoms with E-state index in [9.17, 15) is 4.79 Å². The van der Waals surface area contributed by atoms with Crippen LogP contribution in [0.25, 0.3) is 11.0 Å². The zero-order valence-corrected chi connectivity index (χ0v) is 12.5. The van der Waals surface area contributed by atoms with E-state index in [0.717, 1.165) is 35.3 Å². The molecule has 21 heavy (non-hydrogen) atoms. The number of amides is 1. The summed E-state index contributed by atoms with van der Waals surface area (Å²) in [6.45, 7) is 2.52. The molecule has 0 aromatic carbocycles. The molecule has 6 heteroatoms. The highest BCUT2D eigenvalue weighted by molar-refractivity contribution is 5.93. The van der Waals surface area contributed by atoms with Crippen molar-refractivity contribution in [2.75, 3.05) is 11.9 Å². The summed E-state index contributed by atoms with van der Waals surface area (Å²) >= 11 is 0. The predicted molar refractivity (Wildman–Crippen MR) is 81.8 cm³/mol. The first-order valence-electron chi connectivity index (χ1n) is 7.32. The summed E-state index contributed by atoms with van der Waals surface area (Å²) in [4.78, 5) is 16.6. The van der Waals surface area contributed by atoms with Gasteiger partial charge in [-0.15, -0.1) is 0 Å². The van der Waals surface area contributed by atoms with Gasteiger partial charge in [0, 0.05) is 18.9 Å². The van der Waals surface area contributed by atoms with Gasteiger partial charge in [-0.05, 0) is 37.8 Å². The number of hydrogen-bond donors (Lipinski definition) is 2. The van der Waals surface area contributed by atoms with Gasteiger partial charge in [0.15, 0.2) is 5.65 Å². The van der Waals surface area contributed by atoms with E-state index >= 15 is 0 Å². The van der Waals surface area contributed by atoms with Crippen molar-refractivity contribution >= 4 is 22.6 Å². The van der Waals surface area contributed by atoms with Gasteiger partial charge in [-0.1, -0.05) is 6.42 Å². The molecule has 3 N–H and O–H groups in total. The normalized spacial score (nSPS) is 16.7. The number of aromatic nitrogens is 3. The van der Waals surface area contributed by atoms with Crippen LogP contribution in [-0.2, 0) is 11.8 Å². The quantitative estimate of drug-likeness (QED) is 0.896. The minimum absolute atomic E-state index is 0.0165. The molecule has 0 radical (unpaired) electrons. The van der Waals surface area contributed by atoms with Gasteiger partial charge < -0.3 is 11.1 Å². The number of rotatable bonds is 4. The third kappa shape index (κ3) is 2.51. The van der Waals surface area contributed by atoms with Crippen LogP contribution in [0.4, 0.5) is 5.69 Å². The number of nitrogens with one attached hydrogen (secondary N) is 1. The second kappa shape index (κ2) is 5.11. The highest BCUT2D eigenvalue weighted by Gasteiger charge is 2.37. The topological polar surface area (TPSA) is 85.8 Å². The number of pyridine rings is 1. The second-order valence-electron chi connectivity index (χ2n) is 6.09. The lowest BCUT2D eigenvalue weighted by atomic mass is 9.66. The first-order valence-corrected chi connectivity index (χ1v) is 7.32. The van der Waals surface area contributed by atoms with Gasteiger partial charge in [0.2, 0.25) is 5.91 Å². The molecule has 0 unspecified atom stereocenters. The van der Waals surface area contributed by atoms with Crippen LogP contribution in [0.2, 0.25) is 0 Å². The Kier molecular flexibility index (Phi) is 3.41. The monoisotopic (exact) mass is 287 g/mol. The van der Waals surface area contributed by atoms with Gasteiger partial charge >= 0.3 is 0 Å². The lowest BCUT2D eigenvalue weighted by Crippen LogP contribution is -2.40. The molecule has 1 amide bonds. The Balaban J connectivity index is 1.75. The average Bonchev–Trinajstić information content (AvgIpc) is 2.69. The number of carbonyl (C=O) groups excluding carboxylic acids is 1. The van der Waals surface area contributed by atoms with Crippen LogP contribution < -0.4 is 11.1 Å². The first-order chi connectivity index (χ1) is 10.0. The molecule has 6 nitrogen and oxygen atoms in total. The summed E-state index contributed by atoms with van der Waals surface area (Å²) in [5, 5.41) is 8.23. The van der Waals surface area contributed by atoms with Crippen LogP contribution in [0.3, 0.4) is 0 Å². The maximum atomic E-state index is 12.2. The van der Waals surface area contributed by atoms with E-state index in [0.29, 0.717) is 13.0 Å². The molecule has 0 spiro atoms. The Labute approximate surface area is 123 Å². The minimum Gasteiger partial charge on any atom is -0.330 e. The van der Waals surface area contributed by atoms with Crippen molar-refractivity contribution in [3.63, 3.8) is 0 Å². The van der Waals surface area contributed by atoms with E-state index in [1.807, 2.05) is 20.0 Å². The molecule has 2 aromatic heterocycles. The smallest absolute Gasteiger partial charge is 0.225 e. The number of nitrogens with zero attached hydrogens (tertiary/aromatic N) is 3. The van der Waals surface area contributed by atoms with E-state index in [2.05, 4.69) is 15.4 Å². The van der Waals surface area contributed by atoms with Crippen molar-refractivity contribution in [2.24, 2.45) is 18.2 Å². The maximum Gasteiger partial charge on any atom is 0.225 e. The summed E-state index contributed by atoms with van der Waals surface area (Å²) in [6, 6.07) is 1.93. The zero-order chi connectivity index (χ0) is 15.0. The fourth-order valence-electron chi connectivity index (χ4n) is 3.05. The standard InChI is InChI=1S/C15H21N5O/c1-10-12-6-11(8-17-14(12)20(2)19-10)18-13(21)7-15(9-16)4-3-5-15/h6,8H,3-5,7,9,16H2,1-2H3,(H,18,21). The van der Waals surface area contributed by atoms with Gasteiger partial charge in [-0.25, -0.2) is 4.98 Å². The molecule has 2 heterocycles. The maximum absolute atomic E-state index is 12.2. The first kappa shape index (κ1) is 14.0. The van der Waals surface area contributed by atoms with Crippen LogP contribution in [0.5, 0.6) is 0 Å². The van der Waals surface area contributed by atoms with Crippen molar-refractivity contribution < 1.29 is 4.79 Å². The van der Waals surface area contributed by atoms with Gasteiger partial charge in [-0.3, -0.25) is 9.48 Å². The third-order valence-corrected chi connectivity index (χ3v) is 4.53. The van der Waals surface area contributed by atoms with E-state index in [1.54, 1.807) is 10.9 Å². The Morgan fingerprint density at radius 3 is 2.90 bits per heavy atom. The second-order valence-corrected chi connectivity index (χ2v) is 6.09. The van der Waals surface area contributed by atoms with E-state index in [4.69, 9.17) is 5.73 Å². The molecule has 1 aliphatic rings. The molecular weight excluding hydrogens is 266 g/mol.